The molecule has 2 heteroatoms. The zero-order valence-corrected chi connectivity index (χ0v) is 7.63. The Morgan fingerprint density at radius 3 is 1.91 bits per heavy atom. The molecule has 1 rings (SSSR count). The predicted octanol–water partition coefficient (Wildman–Crippen LogP) is 1.70. The van der Waals surface area contributed by atoms with Gasteiger partial charge in [-0.25, -0.2) is 0 Å². The molecule has 0 aromatic carbocycles. The van der Waals surface area contributed by atoms with Crippen LogP contribution in [0.1, 0.15) is 20.8 Å². The maximum Gasteiger partial charge on any atom is 0.309 e. The van der Waals surface area contributed by atoms with E-state index in [1.54, 1.807) is 0 Å². The molecule has 0 spiro atoms. The molecule has 0 amide bonds. The van der Waals surface area contributed by atoms with Crippen LogP contribution in [0, 0.1) is 23.7 Å². The summed E-state index contributed by atoms with van der Waals surface area (Å²) < 4.78 is 4.70. The molecule has 1 fully saturated rings. The zero-order valence-electron chi connectivity index (χ0n) is 7.63. The average Bonchev–Trinajstić information content (AvgIpc) is 2.04. The van der Waals surface area contributed by atoms with Gasteiger partial charge in [0, 0.05) is 0 Å². The molecule has 0 saturated heterocycles. The van der Waals surface area contributed by atoms with E-state index in [1.165, 1.54) is 7.11 Å². The Morgan fingerprint density at radius 2 is 1.55 bits per heavy atom. The van der Waals surface area contributed by atoms with E-state index in [0.29, 0.717) is 17.8 Å². The van der Waals surface area contributed by atoms with Crippen molar-refractivity contribution in [2.24, 2.45) is 23.7 Å². The summed E-state index contributed by atoms with van der Waals surface area (Å²) in [6, 6.07) is 0. The van der Waals surface area contributed by atoms with Gasteiger partial charge in [0.1, 0.15) is 0 Å². The minimum Gasteiger partial charge on any atom is -0.469 e. The van der Waals surface area contributed by atoms with Crippen LogP contribution in [0.25, 0.3) is 0 Å². The second-order valence-electron chi connectivity index (χ2n) is 3.63. The number of hydrogen-bond acceptors (Lipinski definition) is 2. The highest BCUT2D eigenvalue weighted by atomic mass is 16.5. The summed E-state index contributed by atoms with van der Waals surface area (Å²) in [5.74, 6) is 1.77. The van der Waals surface area contributed by atoms with E-state index in [4.69, 9.17) is 4.74 Å². The lowest BCUT2D eigenvalue weighted by molar-refractivity contribution is -0.159. The van der Waals surface area contributed by atoms with Crippen LogP contribution in [-0.2, 0) is 9.53 Å². The van der Waals surface area contributed by atoms with Gasteiger partial charge in [-0.3, -0.25) is 4.79 Å². The van der Waals surface area contributed by atoms with Gasteiger partial charge in [0.2, 0.25) is 0 Å². The number of carbonyl (C=O) groups excluding carboxylic acids is 1. The third kappa shape index (κ3) is 1.15. The van der Waals surface area contributed by atoms with Gasteiger partial charge in [0.15, 0.2) is 0 Å². The first-order valence-electron chi connectivity index (χ1n) is 4.17. The lowest BCUT2D eigenvalue weighted by atomic mass is 9.59. The maximum atomic E-state index is 11.1. The van der Waals surface area contributed by atoms with E-state index in [-0.39, 0.29) is 11.9 Å². The molecule has 0 heterocycles. The molecule has 1 saturated carbocycles. The second kappa shape index (κ2) is 2.84. The average molecular weight is 156 g/mol. The van der Waals surface area contributed by atoms with Gasteiger partial charge >= 0.3 is 5.97 Å². The maximum absolute atomic E-state index is 11.1. The molecule has 2 unspecified atom stereocenters. The summed E-state index contributed by atoms with van der Waals surface area (Å²) >= 11 is 0. The Bertz CT molecular complexity index is 155. The number of carbonyl (C=O) groups is 1. The third-order valence-corrected chi connectivity index (χ3v) is 3.26. The lowest BCUT2D eigenvalue weighted by Gasteiger charge is -2.45. The second-order valence-corrected chi connectivity index (χ2v) is 3.63. The lowest BCUT2D eigenvalue weighted by Crippen LogP contribution is -2.46. The number of ether oxygens (including phenoxy) is 1. The summed E-state index contributed by atoms with van der Waals surface area (Å²) in [6.07, 6.45) is 0. The fourth-order valence-electron chi connectivity index (χ4n) is 2.03. The molecule has 0 aromatic rings. The van der Waals surface area contributed by atoms with E-state index in [2.05, 4.69) is 20.8 Å². The molecule has 64 valence electrons. The molecule has 0 radical (unpaired) electrons. The van der Waals surface area contributed by atoms with E-state index in [1.807, 2.05) is 0 Å². The van der Waals surface area contributed by atoms with Crippen molar-refractivity contribution < 1.29 is 9.53 Å². The van der Waals surface area contributed by atoms with Crippen LogP contribution >= 0.6 is 0 Å². The first kappa shape index (κ1) is 8.57. The van der Waals surface area contributed by atoms with Crippen molar-refractivity contribution in [2.45, 2.75) is 20.8 Å². The number of rotatable bonds is 1. The number of hydrogen-bond donors (Lipinski definition) is 0. The van der Waals surface area contributed by atoms with Crippen LogP contribution in [0.3, 0.4) is 0 Å². The van der Waals surface area contributed by atoms with E-state index < -0.39 is 0 Å². The molecule has 0 aromatic heterocycles. The van der Waals surface area contributed by atoms with Crippen molar-refractivity contribution in [3.8, 4) is 0 Å². The minimum atomic E-state index is -0.0388. The van der Waals surface area contributed by atoms with Crippen molar-refractivity contribution in [3.63, 3.8) is 0 Å². The van der Waals surface area contributed by atoms with Crippen LogP contribution < -0.4 is 0 Å². The molecular weight excluding hydrogens is 140 g/mol. The molecular formula is C9H16O2. The van der Waals surface area contributed by atoms with E-state index in [9.17, 15) is 4.79 Å². The summed E-state index contributed by atoms with van der Waals surface area (Å²) in [7, 11) is 1.46. The largest absolute Gasteiger partial charge is 0.469 e. The van der Waals surface area contributed by atoms with Gasteiger partial charge in [-0.05, 0) is 17.8 Å². The highest BCUT2D eigenvalue weighted by molar-refractivity contribution is 5.74. The molecule has 11 heavy (non-hydrogen) atoms. The van der Waals surface area contributed by atoms with Crippen molar-refractivity contribution in [1.82, 2.24) is 0 Å². The van der Waals surface area contributed by atoms with Gasteiger partial charge in [-0.2, -0.15) is 0 Å². The Labute approximate surface area is 67.9 Å². The van der Waals surface area contributed by atoms with E-state index >= 15 is 0 Å². The van der Waals surface area contributed by atoms with Crippen LogP contribution in [0.2, 0.25) is 0 Å². The Kier molecular flexibility index (Phi) is 2.21. The summed E-state index contributed by atoms with van der Waals surface area (Å²) in [5, 5.41) is 0. The first-order chi connectivity index (χ1) is 5.09. The van der Waals surface area contributed by atoms with Crippen LogP contribution in [0.5, 0.6) is 0 Å². The van der Waals surface area contributed by atoms with Gasteiger partial charge in [-0.15, -0.1) is 0 Å². The fraction of sp³-hybridized carbons (Fsp3) is 0.889. The Morgan fingerprint density at radius 1 is 1.09 bits per heavy atom. The van der Waals surface area contributed by atoms with Crippen molar-refractivity contribution in [1.29, 1.82) is 0 Å². The van der Waals surface area contributed by atoms with Crippen LogP contribution in [0.4, 0.5) is 0 Å². The normalized spacial score (nSPS) is 42.9. The first-order valence-corrected chi connectivity index (χ1v) is 4.17. The van der Waals surface area contributed by atoms with Crippen molar-refractivity contribution in [3.05, 3.63) is 0 Å². The van der Waals surface area contributed by atoms with Crippen LogP contribution in [-0.4, -0.2) is 13.1 Å². The molecule has 0 N–H and O–H groups in total. The fourth-order valence-corrected chi connectivity index (χ4v) is 2.03. The molecule has 0 aliphatic heterocycles. The number of methoxy groups -OCH3 is 1. The monoisotopic (exact) mass is 156 g/mol. The van der Waals surface area contributed by atoms with Crippen molar-refractivity contribution >= 4 is 5.97 Å². The molecule has 4 atom stereocenters. The van der Waals surface area contributed by atoms with Crippen molar-refractivity contribution in [2.75, 3.05) is 7.11 Å². The van der Waals surface area contributed by atoms with Gasteiger partial charge in [0.25, 0.3) is 0 Å². The Balaban J connectivity index is 2.55. The van der Waals surface area contributed by atoms with E-state index in [0.717, 1.165) is 0 Å². The summed E-state index contributed by atoms with van der Waals surface area (Å²) in [6.45, 7) is 6.42. The summed E-state index contributed by atoms with van der Waals surface area (Å²) in [5.41, 5.74) is 0. The molecule has 1 aliphatic rings. The van der Waals surface area contributed by atoms with Gasteiger partial charge < -0.3 is 4.74 Å². The van der Waals surface area contributed by atoms with Crippen LogP contribution in [0.15, 0.2) is 0 Å². The molecule has 1 aliphatic carbocycles. The SMILES string of the molecule is COC(=O)C1[C@H](C)C(C)[C@@H]1C. The van der Waals surface area contributed by atoms with Gasteiger partial charge in [0.05, 0.1) is 13.0 Å². The smallest absolute Gasteiger partial charge is 0.309 e. The molecule has 2 nitrogen and oxygen atoms in total. The van der Waals surface area contributed by atoms with Gasteiger partial charge in [-0.1, -0.05) is 20.8 Å². The summed E-state index contributed by atoms with van der Waals surface area (Å²) in [4.78, 5) is 11.1. The minimum absolute atomic E-state index is 0.0388. The quantitative estimate of drug-likeness (QED) is 0.540. The third-order valence-electron chi connectivity index (χ3n) is 3.26. The highest BCUT2D eigenvalue weighted by Gasteiger charge is 2.46. The highest BCUT2D eigenvalue weighted by Crippen LogP contribution is 2.45. The zero-order chi connectivity index (χ0) is 8.59. The standard InChI is InChI=1S/C9H16O2/c1-5-6(2)8(7(5)3)9(10)11-4/h5-8H,1-4H3/t5?,6-,7+,8?. The Hall–Kier alpha value is -0.530. The number of esters is 1. The topological polar surface area (TPSA) is 26.3 Å². The predicted molar refractivity (Wildman–Crippen MR) is 43.0 cm³/mol. The molecule has 0 bridgehead atoms.